The Morgan fingerprint density at radius 3 is 3.40 bits per heavy atom. The lowest BCUT2D eigenvalue weighted by molar-refractivity contribution is 0.555. The molecule has 0 amide bonds. The summed E-state index contributed by atoms with van der Waals surface area (Å²) in [5, 5.41) is 0. The third-order valence-corrected chi connectivity index (χ3v) is 1.12. The van der Waals surface area contributed by atoms with Gasteiger partial charge in [0.2, 0.25) is 0 Å². The fourth-order valence-corrected chi connectivity index (χ4v) is 0.733. The molecule has 0 aliphatic rings. The first-order chi connectivity index (χ1) is 4.86. The normalized spacial score (nSPS) is 10.4. The molecule has 49 valence electrons. The maximum Gasteiger partial charge on any atom is 0.418 e. The predicted octanol–water partition coefficient (Wildman–Crippen LogP) is 0.316. The van der Waals surface area contributed by atoms with Crippen LogP contribution in [0.1, 0.15) is 0 Å². The zero-order chi connectivity index (χ0) is 6.97. The zero-order valence-corrected chi connectivity index (χ0v) is 4.92. The van der Waals surface area contributed by atoms with Crippen molar-refractivity contribution in [1.82, 2.24) is 9.97 Å². The first kappa shape index (κ1) is 5.22. The van der Waals surface area contributed by atoms with Crippen molar-refractivity contribution in [3.8, 4) is 0 Å². The molecule has 2 aromatic rings. The minimum Gasteiger partial charge on any atom is -0.405 e. The number of hydrogen-bond acceptors (Lipinski definition) is 3. The lowest BCUT2D eigenvalue weighted by Crippen LogP contribution is -1.93. The average molecular weight is 135 g/mol. The summed E-state index contributed by atoms with van der Waals surface area (Å²) < 4.78 is 4.64. The number of pyridine rings is 1. The molecule has 0 aliphatic carbocycles. The average Bonchev–Trinajstić information content (AvgIpc) is 2.27. The van der Waals surface area contributed by atoms with E-state index in [9.17, 15) is 4.79 Å². The molecule has 1 N–H and O–H groups in total. The quantitative estimate of drug-likeness (QED) is 0.565. The van der Waals surface area contributed by atoms with Crippen LogP contribution in [0.4, 0.5) is 0 Å². The lowest BCUT2D eigenvalue weighted by Gasteiger charge is -1.78. The van der Waals surface area contributed by atoms with Gasteiger partial charge in [-0.2, -0.15) is 0 Å². The van der Waals surface area contributed by atoms with E-state index < -0.39 is 5.76 Å². The van der Waals surface area contributed by atoms with E-state index in [2.05, 4.69) is 20.5 Å². The molecule has 0 atom stereocenters. The Kier molecular flexibility index (Phi) is 0.887. The number of aromatic amines is 1. The van der Waals surface area contributed by atoms with Crippen molar-refractivity contribution in [1.29, 1.82) is 0 Å². The summed E-state index contributed by atoms with van der Waals surface area (Å²) in [5.74, 6) is -0.495. The summed E-state index contributed by atoms with van der Waals surface area (Å²) in [4.78, 5) is 16.7. The molecule has 0 saturated carbocycles. The Bertz CT molecular complexity index is 365. The highest BCUT2D eigenvalue weighted by atomic mass is 16.4. The van der Waals surface area contributed by atoms with Crippen LogP contribution in [0, 0.1) is 6.07 Å². The highest BCUT2D eigenvalue weighted by Crippen LogP contribution is 2.01. The number of aromatic nitrogens is 2. The highest BCUT2D eigenvalue weighted by Gasteiger charge is 1.97. The van der Waals surface area contributed by atoms with Gasteiger partial charge in [0.25, 0.3) is 0 Å². The van der Waals surface area contributed by atoms with Crippen LogP contribution in [0.5, 0.6) is 0 Å². The number of rotatable bonds is 0. The molecule has 10 heavy (non-hydrogen) atoms. The number of oxazole rings is 1. The first-order valence-electron chi connectivity index (χ1n) is 2.72. The molecule has 0 spiro atoms. The molecule has 0 unspecified atom stereocenters. The Morgan fingerprint density at radius 1 is 1.70 bits per heavy atom. The first-order valence-corrected chi connectivity index (χ1v) is 2.72. The Labute approximate surface area is 55.5 Å². The molecular weight excluding hydrogens is 132 g/mol. The third-order valence-electron chi connectivity index (χ3n) is 1.12. The third kappa shape index (κ3) is 0.621. The Hall–Kier alpha value is -1.58. The molecule has 0 aliphatic heterocycles. The Morgan fingerprint density at radius 2 is 2.60 bits per heavy atom. The number of hydrogen-bond donors (Lipinski definition) is 1. The fraction of sp³-hybridized carbons (Fsp3) is 0. The van der Waals surface area contributed by atoms with Gasteiger partial charge in [0.15, 0.2) is 11.2 Å². The summed E-state index contributed by atoms with van der Waals surface area (Å²) in [6.45, 7) is 0. The number of nitrogens with zero attached hydrogens (tertiary/aromatic N) is 1. The van der Waals surface area contributed by atoms with E-state index in [0.717, 1.165) is 0 Å². The SMILES string of the molecule is O=c1[nH]c2ncc[c]c2o1. The molecule has 4 nitrogen and oxygen atoms in total. The molecule has 2 heterocycles. The van der Waals surface area contributed by atoms with E-state index >= 15 is 0 Å². The van der Waals surface area contributed by atoms with E-state index in [1.807, 2.05) is 0 Å². The number of fused-ring (bicyclic) bond motifs is 1. The van der Waals surface area contributed by atoms with Gasteiger partial charge in [0.05, 0.1) is 0 Å². The molecule has 2 rings (SSSR count). The van der Waals surface area contributed by atoms with E-state index in [1.165, 1.54) is 6.20 Å². The van der Waals surface area contributed by atoms with Crippen LogP contribution < -0.4 is 5.76 Å². The highest BCUT2D eigenvalue weighted by molar-refractivity contribution is 5.65. The summed E-state index contributed by atoms with van der Waals surface area (Å²) in [6, 6.07) is 4.29. The molecule has 0 bridgehead atoms. The van der Waals surface area contributed by atoms with Crippen molar-refractivity contribution in [2.45, 2.75) is 0 Å². The van der Waals surface area contributed by atoms with Gasteiger partial charge in [-0.1, -0.05) is 0 Å². The van der Waals surface area contributed by atoms with Gasteiger partial charge < -0.3 is 4.42 Å². The summed E-state index contributed by atoms with van der Waals surface area (Å²) in [6.07, 6.45) is 1.54. The van der Waals surface area contributed by atoms with Gasteiger partial charge in [-0.3, -0.25) is 4.98 Å². The summed E-state index contributed by atoms with van der Waals surface area (Å²) in [7, 11) is 0. The van der Waals surface area contributed by atoms with Crippen LogP contribution in [0.25, 0.3) is 11.2 Å². The molecule has 1 radical (unpaired) electrons. The molecular formula is C6H3N2O2. The van der Waals surface area contributed by atoms with Crippen molar-refractivity contribution in [2.24, 2.45) is 0 Å². The van der Waals surface area contributed by atoms with Crippen LogP contribution in [-0.4, -0.2) is 9.97 Å². The van der Waals surface area contributed by atoms with Crippen LogP contribution >= 0.6 is 0 Å². The smallest absolute Gasteiger partial charge is 0.405 e. The van der Waals surface area contributed by atoms with Gasteiger partial charge >= 0.3 is 5.76 Å². The van der Waals surface area contributed by atoms with Crippen molar-refractivity contribution in [2.75, 3.05) is 0 Å². The summed E-state index contributed by atoms with van der Waals surface area (Å²) in [5.41, 5.74) is 0.806. The van der Waals surface area contributed by atoms with Crippen LogP contribution in [0.2, 0.25) is 0 Å². The fourth-order valence-electron chi connectivity index (χ4n) is 0.733. The van der Waals surface area contributed by atoms with Crippen molar-refractivity contribution in [3.05, 3.63) is 28.9 Å². The summed E-state index contributed by atoms with van der Waals surface area (Å²) >= 11 is 0. The van der Waals surface area contributed by atoms with Gasteiger partial charge in [0, 0.05) is 12.3 Å². The van der Waals surface area contributed by atoms with Crippen molar-refractivity contribution >= 4 is 11.2 Å². The molecule has 4 heteroatoms. The maximum atomic E-state index is 10.5. The van der Waals surface area contributed by atoms with E-state index in [4.69, 9.17) is 0 Å². The van der Waals surface area contributed by atoms with Gasteiger partial charge in [0.1, 0.15) is 0 Å². The van der Waals surface area contributed by atoms with Crippen molar-refractivity contribution < 1.29 is 4.42 Å². The standard InChI is InChI=1S/C6H3N2O2/c9-6-8-5-4(10-6)2-1-3-7-5/h1,3H,(H,7,8,9). The van der Waals surface area contributed by atoms with Gasteiger partial charge in [-0.15, -0.1) is 0 Å². The second kappa shape index (κ2) is 1.70. The van der Waals surface area contributed by atoms with E-state index in [0.29, 0.717) is 11.2 Å². The minimum atomic E-state index is -0.495. The number of H-pyrrole nitrogens is 1. The second-order valence-corrected chi connectivity index (χ2v) is 1.78. The van der Waals surface area contributed by atoms with E-state index in [1.54, 1.807) is 6.07 Å². The molecule has 0 fully saturated rings. The topological polar surface area (TPSA) is 58.9 Å². The van der Waals surface area contributed by atoms with Crippen LogP contribution in [0.15, 0.2) is 21.5 Å². The predicted molar refractivity (Wildman–Crippen MR) is 33.5 cm³/mol. The van der Waals surface area contributed by atoms with E-state index in [-0.39, 0.29) is 0 Å². The molecule has 0 aromatic carbocycles. The lowest BCUT2D eigenvalue weighted by atomic mass is 10.5. The second-order valence-electron chi connectivity index (χ2n) is 1.78. The number of nitrogens with one attached hydrogen (secondary N) is 1. The van der Waals surface area contributed by atoms with Gasteiger partial charge in [-0.25, -0.2) is 9.78 Å². The van der Waals surface area contributed by atoms with Crippen LogP contribution in [-0.2, 0) is 0 Å². The largest absolute Gasteiger partial charge is 0.418 e. The zero-order valence-electron chi connectivity index (χ0n) is 4.92. The monoisotopic (exact) mass is 135 g/mol. The van der Waals surface area contributed by atoms with Crippen molar-refractivity contribution in [3.63, 3.8) is 0 Å². The van der Waals surface area contributed by atoms with Crippen LogP contribution in [0.3, 0.4) is 0 Å². The van der Waals surface area contributed by atoms with Gasteiger partial charge in [-0.05, 0) is 6.07 Å². The Balaban J connectivity index is 3.01. The molecule has 2 aromatic heterocycles. The molecule has 0 saturated heterocycles. The maximum absolute atomic E-state index is 10.5. The minimum absolute atomic E-state index is 0.368.